The highest BCUT2D eigenvalue weighted by molar-refractivity contribution is 7.89. The molecule has 0 atom stereocenters. The van der Waals surface area contributed by atoms with Crippen LogP contribution in [-0.2, 0) is 10.0 Å². The number of amides is 1. The first-order valence-electron chi connectivity index (χ1n) is 10.1. The fourth-order valence-electron chi connectivity index (χ4n) is 3.77. The van der Waals surface area contributed by atoms with Gasteiger partial charge in [0.2, 0.25) is 16.8 Å². The molecule has 30 heavy (non-hydrogen) atoms. The third-order valence-electron chi connectivity index (χ3n) is 5.87. The number of nitrogens with one attached hydrogen (secondary N) is 1. The Morgan fingerprint density at radius 2 is 1.77 bits per heavy atom. The van der Waals surface area contributed by atoms with Crippen LogP contribution in [0.4, 0.5) is 5.69 Å². The minimum Gasteiger partial charge on any atom is -0.454 e. The lowest BCUT2D eigenvalue weighted by atomic mass is 10.0. The largest absolute Gasteiger partial charge is 0.454 e. The zero-order valence-corrected chi connectivity index (χ0v) is 18.2. The quantitative estimate of drug-likeness (QED) is 0.799. The summed E-state index contributed by atoms with van der Waals surface area (Å²) in [5.41, 5.74) is 2.29. The van der Waals surface area contributed by atoms with Gasteiger partial charge in [-0.3, -0.25) is 4.79 Å². The second kappa shape index (κ2) is 7.92. The maximum absolute atomic E-state index is 13.3. The first-order valence-corrected chi connectivity index (χ1v) is 11.5. The van der Waals surface area contributed by atoms with Gasteiger partial charge < -0.3 is 14.8 Å². The van der Waals surface area contributed by atoms with Crippen LogP contribution >= 0.6 is 0 Å². The maximum atomic E-state index is 13.3. The van der Waals surface area contributed by atoms with Gasteiger partial charge in [0.15, 0.2) is 11.5 Å². The summed E-state index contributed by atoms with van der Waals surface area (Å²) >= 11 is 0. The summed E-state index contributed by atoms with van der Waals surface area (Å²) in [6.45, 7) is 6.92. The van der Waals surface area contributed by atoms with Crippen molar-refractivity contribution in [2.45, 2.75) is 38.5 Å². The minimum absolute atomic E-state index is 0.153. The number of anilines is 1. The van der Waals surface area contributed by atoms with Crippen molar-refractivity contribution < 1.29 is 22.7 Å². The lowest BCUT2D eigenvalue weighted by Gasteiger charge is -2.30. The van der Waals surface area contributed by atoms with Crippen LogP contribution in [0.1, 0.15) is 41.3 Å². The lowest BCUT2D eigenvalue weighted by Crippen LogP contribution is -2.38. The van der Waals surface area contributed by atoms with Gasteiger partial charge in [-0.2, -0.15) is 4.31 Å². The third kappa shape index (κ3) is 3.89. The molecule has 0 aliphatic carbocycles. The summed E-state index contributed by atoms with van der Waals surface area (Å²) in [5, 5.41) is 2.82. The number of carbonyl (C=O) groups is 1. The topological polar surface area (TPSA) is 84.9 Å². The Morgan fingerprint density at radius 1 is 1.07 bits per heavy atom. The molecule has 1 amide bonds. The van der Waals surface area contributed by atoms with Crippen LogP contribution in [-0.4, -0.2) is 38.5 Å². The lowest BCUT2D eigenvalue weighted by molar-refractivity contribution is 0.102. The van der Waals surface area contributed by atoms with Gasteiger partial charge in [-0.05, 0) is 68.0 Å². The van der Waals surface area contributed by atoms with E-state index in [1.54, 1.807) is 31.2 Å². The van der Waals surface area contributed by atoms with Crippen LogP contribution in [0.15, 0.2) is 35.2 Å². The number of ether oxygens (including phenoxy) is 2. The Balaban J connectivity index is 1.62. The number of hydrogen-bond acceptors (Lipinski definition) is 5. The maximum Gasteiger partial charge on any atom is 0.255 e. The number of aryl methyl sites for hydroxylation is 1. The molecule has 0 radical (unpaired) electrons. The number of nitrogens with zero attached hydrogens (tertiary/aromatic N) is 1. The minimum atomic E-state index is -3.66. The first-order chi connectivity index (χ1) is 14.3. The predicted octanol–water partition coefficient (Wildman–Crippen LogP) is 3.71. The molecule has 160 valence electrons. The summed E-state index contributed by atoms with van der Waals surface area (Å²) < 4.78 is 38.7. The van der Waals surface area contributed by atoms with Gasteiger partial charge in [0.25, 0.3) is 5.91 Å². The second-order valence-corrected chi connectivity index (χ2v) is 9.93. The zero-order chi connectivity index (χ0) is 21.5. The Hall–Kier alpha value is -2.58. The molecule has 2 aromatic carbocycles. The highest BCUT2D eigenvalue weighted by Crippen LogP contribution is 2.34. The summed E-state index contributed by atoms with van der Waals surface area (Å²) in [7, 11) is -3.66. The Bertz CT molecular complexity index is 1090. The van der Waals surface area contributed by atoms with Gasteiger partial charge in [-0.15, -0.1) is 0 Å². The molecule has 4 rings (SSSR count). The monoisotopic (exact) mass is 430 g/mol. The van der Waals surface area contributed by atoms with E-state index in [0.717, 1.165) is 18.4 Å². The van der Waals surface area contributed by atoms with E-state index < -0.39 is 10.0 Å². The van der Waals surface area contributed by atoms with Gasteiger partial charge in [-0.25, -0.2) is 8.42 Å². The van der Waals surface area contributed by atoms with Crippen molar-refractivity contribution in [3.8, 4) is 11.5 Å². The fraction of sp³-hybridized carbons (Fsp3) is 0.409. The molecule has 0 unspecified atom stereocenters. The van der Waals surface area contributed by atoms with E-state index >= 15 is 0 Å². The van der Waals surface area contributed by atoms with Crippen LogP contribution < -0.4 is 14.8 Å². The van der Waals surface area contributed by atoms with E-state index in [9.17, 15) is 13.2 Å². The molecule has 0 spiro atoms. The number of benzene rings is 2. The molecule has 2 aliphatic rings. The average molecular weight is 431 g/mol. The molecule has 0 saturated carbocycles. The van der Waals surface area contributed by atoms with Crippen LogP contribution in [0.5, 0.6) is 11.5 Å². The molecule has 0 aromatic heterocycles. The Labute approximate surface area is 177 Å². The molecule has 1 saturated heterocycles. The molecule has 2 aliphatic heterocycles. The summed E-state index contributed by atoms with van der Waals surface area (Å²) in [6, 6.07) is 8.34. The number of hydrogen-bond donors (Lipinski definition) is 1. The number of carbonyl (C=O) groups excluding carboxylic acids is 1. The van der Waals surface area contributed by atoms with Crippen LogP contribution in [0.3, 0.4) is 0 Å². The molecular weight excluding hydrogens is 404 g/mol. The Kier molecular flexibility index (Phi) is 5.46. The highest BCUT2D eigenvalue weighted by atomic mass is 32.2. The molecule has 2 aromatic rings. The van der Waals surface area contributed by atoms with Crippen LogP contribution in [0, 0.1) is 19.8 Å². The van der Waals surface area contributed by atoms with Crippen molar-refractivity contribution in [1.29, 1.82) is 0 Å². The summed E-state index contributed by atoms with van der Waals surface area (Å²) in [4.78, 5) is 13.1. The van der Waals surface area contributed by atoms with Crippen molar-refractivity contribution >= 4 is 21.6 Å². The zero-order valence-electron chi connectivity index (χ0n) is 17.4. The van der Waals surface area contributed by atoms with Crippen molar-refractivity contribution in [1.82, 2.24) is 4.31 Å². The molecule has 1 N–H and O–H groups in total. The highest BCUT2D eigenvalue weighted by Gasteiger charge is 2.30. The summed E-state index contributed by atoms with van der Waals surface area (Å²) in [5.74, 6) is 1.35. The van der Waals surface area contributed by atoms with Gasteiger partial charge in [0, 0.05) is 30.4 Å². The van der Waals surface area contributed by atoms with Gasteiger partial charge >= 0.3 is 0 Å². The van der Waals surface area contributed by atoms with E-state index in [0.29, 0.717) is 47.3 Å². The molecule has 7 nitrogen and oxygen atoms in total. The summed E-state index contributed by atoms with van der Waals surface area (Å²) in [6.07, 6.45) is 1.70. The number of fused-ring (bicyclic) bond motifs is 1. The second-order valence-electron chi connectivity index (χ2n) is 8.03. The number of sulfonamides is 1. The molecule has 0 bridgehead atoms. The SMILES string of the molecule is Cc1cc(C(=O)Nc2ccc3c(c2)OCO3)cc(S(=O)(=O)N2CCC(C)CC2)c1C. The third-order valence-corrected chi connectivity index (χ3v) is 7.90. The van der Waals surface area contributed by atoms with Crippen molar-refractivity contribution in [3.63, 3.8) is 0 Å². The average Bonchev–Trinajstić information content (AvgIpc) is 3.18. The van der Waals surface area contributed by atoms with E-state index in [-0.39, 0.29) is 17.6 Å². The predicted molar refractivity (Wildman–Crippen MR) is 114 cm³/mol. The number of piperidine rings is 1. The molecule has 1 fully saturated rings. The molecular formula is C22H26N2O5S. The smallest absolute Gasteiger partial charge is 0.255 e. The van der Waals surface area contributed by atoms with Crippen molar-refractivity contribution in [3.05, 3.63) is 47.0 Å². The fourth-order valence-corrected chi connectivity index (χ4v) is 5.56. The van der Waals surface area contributed by atoms with Crippen LogP contribution in [0.25, 0.3) is 0 Å². The molecule has 2 heterocycles. The van der Waals surface area contributed by atoms with E-state index in [1.165, 1.54) is 10.4 Å². The van der Waals surface area contributed by atoms with E-state index in [1.807, 2.05) is 6.92 Å². The Morgan fingerprint density at radius 3 is 2.50 bits per heavy atom. The van der Waals surface area contributed by atoms with Crippen molar-refractivity contribution in [2.24, 2.45) is 5.92 Å². The van der Waals surface area contributed by atoms with Gasteiger partial charge in [-0.1, -0.05) is 6.92 Å². The standard InChI is InChI=1S/C22H26N2O5S/c1-14-6-8-24(9-7-14)30(26,27)21-11-17(10-15(2)16(21)3)22(25)23-18-4-5-19-20(12-18)29-13-28-19/h4-5,10-12,14H,6-9,13H2,1-3H3,(H,23,25). The normalized spacial score (nSPS) is 17.2. The van der Waals surface area contributed by atoms with Crippen LogP contribution in [0.2, 0.25) is 0 Å². The van der Waals surface area contributed by atoms with Gasteiger partial charge in [0.05, 0.1) is 4.90 Å². The van der Waals surface area contributed by atoms with E-state index in [4.69, 9.17) is 9.47 Å². The first kappa shape index (κ1) is 20.7. The molecule has 8 heteroatoms. The van der Waals surface area contributed by atoms with Crippen molar-refractivity contribution in [2.75, 3.05) is 25.2 Å². The van der Waals surface area contributed by atoms with E-state index in [2.05, 4.69) is 12.2 Å². The number of rotatable bonds is 4. The van der Waals surface area contributed by atoms with Gasteiger partial charge in [0.1, 0.15) is 0 Å².